The third-order valence-electron chi connectivity index (χ3n) is 8.81. The van der Waals surface area contributed by atoms with Crippen LogP contribution in [0.15, 0.2) is 46.2 Å². The van der Waals surface area contributed by atoms with E-state index in [2.05, 4.69) is 13.8 Å². The maximum atomic E-state index is 11.8. The Labute approximate surface area is 328 Å². The number of hydrogen-bond acceptors (Lipinski definition) is 7. The molecule has 2 N–H and O–H groups in total. The molecule has 11 heteroatoms. The average Bonchev–Trinajstić information content (AvgIpc) is 3.03. The number of phenols is 1. The minimum absolute atomic E-state index is 0. The summed E-state index contributed by atoms with van der Waals surface area (Å²) in [5.41, 5.74) is 0.486. The van der Waals surface area contributed by atoms with Crippen molar-refractivity contribution in [2.45, 2.75) is 178 Å². The van der Waals surface area contributed by atoms with Crippen molar-refractivity contribution < 1.29 is 36.2 Å². The fourth-order valence-corrected chi connectivity index (χ4v) is 7.52. The zero-order valence-electron chi connectivity index (χ0n) is 30.3. The first-order valence-corrected chi connectivity index (χ1v) is 21.3. The van der Waals surface area contributed by atoms with E-state index >= 15 is 0 Å². The van der Waals surface area contributed by atoms with E-state index in [1.807, 2.05) is 0 Å². The van der Waals surface area contributed by atoms with Crippen LogP contribution in [0.2, 0.25) is 0 Å². The summed E-state index contributed by atoms with van der Waals surface area (Å²) in [4.78, 5) is -0.517. The molecule has 0 amide bonds. The van der Waals surface area contributed by atoms with Gasteiger partial charge in [0.2, 0.25) is 0 Å². The van der Waals surface area contributed by atoms with Gasteiger partial charge in [0.05, 0.1) is 4.90 Å². The molecule has 0 spiro atoms. The van der Waals surface area contributed by atoms with Crippen molar-refractivity contribution in [3.05, 3.63) is 47.5 Å². The first-order valence-electron chi connectivity index (χ1n) is 18.5. The Morgan fingerprint density at radius 3 is 1.27 bits per heavy atom. The van der Waals surface area contributed by atoms with E-state index in [9.17, 15) is 36.2 Å². The summed E-state index contributed by atoms with van der Waals surface area (Å²) >= 11 is 0. The summed E-state index contributed by atoms with van der Waals surface area (Å²) in [5, 5.41) is 21.6. The number of hydrogen-bond donors (Lipinski definition) is 2. The van der Waals surface area contributed by atoms with Crippen molar-refractivity contribution in [3.8, 4) is 11.5 Å². The van der Waals surface area contributed by atoms with Gasteiger partial charge in [-0.25, -0.2) is 8.42 Å². The van der Waals surface area contributed by atoms with Crippen LogP contribution in [0.3, 0.4) is 0 Å². The number of aromatic hydroxyl groups is 1. The molecule has 0 atom stereocenters. The SMILES string of the molecule is CCCCCCCCCCCCCc1c(O)cccc1S(=O)(=O)O.CCCCCCCCCCCCCc1c([O-])cccc1S(=O)(=O)[O-].[Ca+2]. The summed E-state index contributed by atoms with van der Waals surface area (Å²) in [7, 11) is -8.85. The Balaban J connectivity index is 0.000000922. The summed E-state index contributed by atoms with van der Waals surface area (Å²) in [6.07, 6.45) is 27.3. The molecular weight excluding hydrogens is 689 g/mol. The van der Waals surface area contributed by atoms with Crippen LogP contribution in [0.4, 0.5) is 0 Å². The third kappa shape index (κ3) is 22.6. The van der Waals surface area contributed by atoms with Crippen LogP contribution in [-0.4, -0.2) is 68.8 Å². The molecule has 0 saturated carbocycles. The van der Waals surface area contributed by atoms with E-state index in [1.165, 1.54) is 139 Å². The Kier molecular flexibility index (Phi) is 28.2. The van der Waals surface area contributed by atoms with Crippen LogP contribution in [0.25, 0.3) is 0 Å². The van der Waals surface area contributed by atoms with E-state index in [4.69, 9.17) is 0 Å². The molecule has 0 saturated heterocycles. The predicted molar refractivity (Wildman–Crippen MR) is 198 cm³/mol. The van der Waals surface area contributed by atoms with Gasteiger partial charge in [0.25, 0.3) is 10.1 Å². The second-order valence-electron chi connectivity index (χ2n) is 13.0. The van der Waals surface area contributed by atoms with Gasteiger partial charge < -0.3 is 14.8 Å². The quantitative estimate of drug-likeness (QED) is 0.0547. The van der Waals surface area contributed by atoms with Crippen molar-refractivity contribution in [2.24, 2.45) is 0 Å². The second kappa shape index (κ2) is 28.7. The molecule has 0 heterocycles. The van der Waals surface area contributed by atoms with E-state index < -0.39 is 20.2 Å². The van der Waals surface area contributed by atoms with Gasteiger partial charge in [-0.15, -0.1) is 5.75 Å². The van der Waals surface area contributed by atoms with Crippen molar-refractivity contribution in [1.82, 2.24) is 0 Å². The molecule has 276 valence electrons. The molecule has 49 heavy (non-hydrogen) atoms. The van der Waals surface area contributed by atoms with E-state index in [-0.39, 0.29) is 64.6 Å². The molecule has 0 aliphatic carbocycles. The third-order valence-corrected chi connectivity index (χ3v) is 10.7. The van der Waals surface area contributed by atoms with Gasteiger partial charge in [0.15, 0.2) is 0 Å². The summed E-state index contributed by atoms with van der Waals surface area (Å²) in [5.74, 6) is -0.406. The molecule has 0 radical (unpaired) electrons. The molecule has 0 aromatic heterocycles. The Morgan fingerprint density at radius 2 is 0.878 bits per heavy atom. The smallest absolute Gasteiger partial charge is 0.872 e. The first kappa shape index (κ1) is 48.1. The van der Waals surface area contributed by atoms with Crippen LogP contribution in [-0.2, 0) is 33.1 Å². The fourth-order valence-electron chi connectivity index (χ4n) is 6.01. The number of unbranched alkanes of at least 4 members (excludes halogenated alkanes) is 20. The number of phenolic OH excluding ortho intramolecular Hbond substituents is 1. The van der Waals surface area contributed by atoms with Crippen molar-refractivity contribution in [1.29, 1.82) is 0 Å². The van der Waals surface area contributed by atoms with Gasteiger partial charge in [-0.3, -0.25) is 4.55 Å². The van der Waals surface area contributed by atoms with Gasteiger partial charge in [-0.05, 0) is 49.4 Å². The zero-order chi connectivity index (χ0) is 35.7. The first-order chi connectivity index (χ1) is 22.9. The minimum Gasteiger partial charge on any atom is -0.872 e. The van der Waals surface area contributed by atoms with Crippen LogP contribution in [0, 0.1) is 0 Å². The fraction of sp³-hybridized carbons (Fsp3) is 0.684. The molecule has 2 aromatic rings. The average molecular weight is 751 g/mol. The maximum absolute atomic E-state index is 11.8. The van der Waals surface area contributed by atoms with Crippen LogP contribution in [0.1, 0.15) is 166 Å². The molecule has 2 aromatic carbocycles. The summed E-state index contributed by atoms with van der Waals surface area (Å²) in [6, 6.07) is 8.12. The minimum atomic E-state index is -4.57. The molecule has 0 unspecified atom stereocenters. The number of benzene rings is 2. The van der Waals surface area contributed by atoms with E-state index in [1.54, 1.807) is 0 Å². The number of rotatable bonds is 26. The largest absolute Gasteiger partial charge is 2.00 e. The van der Waals surface area contributed by atoms with E-state index in [0.717, 1.165) is 38.5 Å². The normalized spacial score (nSPS) is 11.5. The van der Waals surface area contributed by atoms with Crippen LogP contribution >= 0.6 is 0 Å². The van der Waals surface area contributed by atoms with Crippen molar-refractivity contribution in [2.75, 3.05) is 0 Å². The molecular formula is C38H62CaO8S2. The van der Waals surface area contributed by atoms with Gasteiger partial charge in [-0.1, -0.05) is 160 Å². The molecule has 0 aliphatic rings. The van der Waals surface area contributed by atoms with Crippen LogP contribution in [0.5, 0.6) is 11.5 Å². The second-order valence-corrected chi connectivity index (χ2v) is 15.7. The molecule has 0 bridgehead atoms. The maximum Gasteiger partial charge on any atom is 2.00 e. The topological polar surface area (TPSA) is 155 Å². The molecule has 2 rings (SSSR count). The molecule has 8 nitrogen and oxygen atoms in total. The Hall–Kier alpha value is -0.880. The zero-order valence-corrected chi connectivity index (χ0v) is 34.1. The van der Waals surface area contributed by atoms with Crippen molar-refractivity contribution in [3.63, 3.8) is 0 Å². The monoisotopic (exact) mass is 750 g/mol. The summed E-state index contributed by atoms with van der Waals surface area (Å²) < 4.78 is 65.6. The van der Waals surface area contributed by atoms with E-state index in [0.29, 0.717) is 18.4 Å². The van der Waals surface area contributed by atoms with Crippen molar-refractivity contribution >= 4 is 58.0 Å². The van der Waals surface area contributed by atoms with Gasteiger partial charge in [0.1, 0.15) is 20.8 Å². The molecule has 0 fully saturated rings. The standard InChI is InChI=1S/2C19H32O4S.Ca/c2*1-2-3-4-5-6-7-8-9-10-11-12-14-17-18(20)15-13-16-19(17)24(21,22)23;/h2*13,15-16,20H,2-12,14H2,1H3,(H,21,22,23);/q;;+2/p-2. The van der Waals surface area contributed by atoms with Gasteiger partial charge >= 0.3 is 37.7 Å². The van der Waals surface area contributed by atoms with Crippen LogP contribution < -0.4 is 5.11 Å². The Morgan fingerprint density at radius 1 is 0.531 bits per heavy atom. The van der Waals surface area contributed by atoms with Gasteiger partial charge in [-0.2, -0.15) is 8.42 Å². The van der Waals surface area contributed by atoms with Gasteiger partial charge in [0, 0.05) is 5.56 Å². The predicted octanol–water partition coefficient (Wildman–Crippen LogP) is 9.63. The molecule has 0 aliphatic heterocycles. The summed E-state index contributed by atoms with van der Waals surface area (Å²) in [6.45, 7) is 4.45. The Bertz CT molecular complexity index is 1240.